The van der Waals surface area contributed by atoms with E-state index < -0.39 is 35.2 Å². The van der Waals surface area contributed by atoms with Gasteiger partial charge in [0, 0.05) is 35.2 Å². The quantitative estimate of drug-likeness (QED) is 0.105. The van der Waals surface area contributed by atoms with Gasteiger partial charge in [-0.3, -0.25) is 0 Å². The summed E-state index contributed by atoms with van der Waals surface area (Å²) < 4.78 is 0. The summed E-state index contributed by atoms with van der Waals surface area (Å²) >= 11 is 0. The monoisotopic (exact) mass is 1300 g/mol. The summed E-state index contributed by atoms with van der Waals surface area (Å²) in [5.41, 5.74) is 26.7. The standard InChI is InChI=1S/4C19H24Si.Hf/c4*1-20(18-10-14-6-2-3-7-15(14)11-18)19-12-16-8-4-5-9-17(16)13-19;/h4*10-13,20H,2-9H2,1H3;/q4*-2;+4. The third-order valence-electron chi connectivity index (χ3n) is 21.9. The van der Waals surface area contributed by atoms with Gasteiger partial charge in [-0.25, -0.2) is 48.5 Å². The first-order valence-electron chi connectivity index (χ1n) is 33.5. The largest absolute Gasteiger partial charge is 4.00 e. The Balaban J connectivity index is 0.000000107. The molecule has 5 heteroatoms. The van der Waals surface area contributed by atoms with E-state index in [0.717, 1.165) is 0 Å². The third kappa shape index (κ3) is 13.0. The average Bonchev–Trinajstić information content (AvgIpc) is 4.42. The van der Waals surface area contributed by atoms with Gasteiger partial charge in [-0.05, 0) is 0 Å². The van der Waals surface area contributed by atoms with Gasteiger partial charge in [0.2, 0.25) is 0 Å². The summed E-state index contributed by atoms with van der Waals surface area (Å²) in [6, 6.07) is 40.8. The SMILES string of the molecule is C[SiH](c1cc2c([cH-]1)CCCC2)c1cc2c([cH-]1)CCCC2.C[SiH](c1cc2c([cH-]1)CCCC2)c1cc2c([cH-]1)CCCC2.C[SiH](c1cc2c([cH-]1)CCCC2)c1cc2c([cH-]1)CCCC2.C[SiH](c1cc2c([cH-]1)CCCC2)c1cc2c([cH-]1)CCCC2.[Hf+4]. The fraction of sp³-hybridized carbons (Fsp3) is 0.474. The van der Waals surface area contributed by atoms with E-state index in [9.17, 15) is 0 Å². The number of rotatable bonds is 8. The summed E-state index contributed by atoms with van der Waals surface area (Å²) in [5.74, 6) is 0. The van der Waals surface area contributed by atoms with E-state index in [2.05, 4.69) is 123 Å². The summed E-state index contributed by atoms with van der Waals surface area (Å²) in [7, 11) is -3.73. The number of fused-ring (bicyclic) bond motifs is 8. The van der Waals surface area contributed by atoms with Gasteiger partial charge < -0.3 is 0 Å². The molecule has 0 bridgehead atoms. The summed E-state index contributed by atoms with van der Waals surface area (Å²) in [5, 5.41) is 13.5. The van der Waals surface area contributed by atoms with Gasteiger partial charge in [-0.2, -0.15) is 179 Å². The fourth-order valence-corrected chi connectivity index (χ4v) is 25.3. The molecule has 0 N–H and O–H groups in total. The van der Waals surface area contributed by atoms with Gasteiger partial charge in [0.1, 0.15) is 0 Å². The molecule has 8 aliphatic carbocycles. The van der Waals surface area contributed by atoms with E-state index in [1.165, 1.54) is 205 Å². The van der Waals surface area contributed by atoms with Crippen molar-refractivity contribution in [3.63, 3.8) is 0 Å². The van der Waals surface area contributed by atoms with Crippen molar-refractivity contribution in [2.45, 2.75) is 232 Å². The maximum Gasteiger partial charge on any atom is 4.00 e. The molecular formula is C76H96HfSi4-4. The van der Waals surface area contributed by atoms with Crippen LogP contribution in [0.1, 0.15) is 192 Å². The van der Waals surface area contributed by atoms with Crippen molar-refractivity contribution in [3.8, 4) is 0 Å². The van der Waals surface area contributed by atoms with Crippen LogP contribution in [0.4, 0.5) is 0 Å². The number of hydrogen-bond acceptors (Lipinski definition) is 0. The normalized spacial score (nSPS) is 17.9. The molecular weight excluding hydrogens is 1200 g/mol. The Morgan fingerprint density at radius 2 is 0.309 bits per heavy atom. The van der Waals surface area contributed by atoms with Crippen LogP contribution in [0.25, 0.3) is 0 Å². The molecule has 81 heavy (non-hydrogen) atoms. The smallest absolute Gasteiger partial charge is 0.211 e. The van der Waals surface area contributed by atoms with Gasteiger partial charge in [0.05, 0.1) is 0 Å². The Morgan fingerprint density at radius 3 is 0.420 bits per heavy atom. The molecule has 16 rings (SSSR count). The number of aryl methyl sites for hydroxylation is 16. The molecule has 0 nitrogen and oxygen atoms in total. The Hall–Kier alpha value is -3.46. The second-order valence-electron chi connectivity index (χ2n) is 27.3. The summed E-state index contributed by atoms with van der Waals surface area (Å²) in [6.45, 7) is 10.1. The minimum absolute atomic E-state index is 0. The van der Waals surface area contributed by atoms with Gasteiger partial charge in [-0.15, -0.1) is 0 Å². The maximum absolute atomic E-state index is 2.55. The first-order chi connectivity index (χ1) is 39.2. The van der Waals surface area contributed by atoms with Crippen molar-refractivity contribution in [1.82, 2.24) is 0 Å². The molecule has 0 heterocycles. The van der Waals surface area contributed by atoms with E-state index in [0.29, 0.717) is 0 Å². The summed E-state index contributed by atoms with van der Waals surface area (Å²) in [6.07, 6.45) is 43.6. The predicted molar refractivity (Wildman–Crippen MR) is 359 cm³/mol. The molecule has 0 atom stereocenters. The van der Waals surface area contributed by atoms with Crippen LogP contribution in [0.5, 0.6) is 0 Å². The van der Waals surface area contributed by atoms with Gasteiger partial charge in [0.25, 0.3) is 0 Å². The maximum atomic E-state index is 2.55. The van der Waals surface area contributed by atoms with Crippen molar-refractivity contribution in [2.75, 3.05) is 0 Å². The zero-order valence-corrected chi connectivity index (χ0v) is 58.9. The van der Waals surface area contributed by atoms with Crippen LogP contribution in [-0.2, 0) is 129 Å². The van der Waals surface area contributed by atoms with E-state index in [-0.39, 0.29) is 25.8 Å². The van der Waals surface area contributed by atoms with Gasteiger partial charge >= 0.3 is 25.8 Å². The van der Waals surface area contributed by atoms with Gasteiger partial charge in [-0.1, -0.05) is 232 Å². The van der Waals surface area contributed by atoms with Crippen molar-refractivity contribution in [2.24, 2.45) is 0 Å². The molecule has 8 aromatic carbocycles. The van der Waals surface area contributed by atoms with Crippen LogP contribution >= 0.6 is 0 Å². The molecule has 8 aliphatic rings. The van der Waals surface area contributed by atoms with Crippen molar-refractivity contribution >= 4 is 76.7 Å². The second-order valence-corrected chi connectivity index (χ2v) is 38.4. The van der Waals surface area contributed by atoms with Crippen molar-refractivity contribution < 1.29 is 25.8 Å². The molecule has 0 unspecified atom stereocenters. The minimum atomic E-state index is -0.933. The zero-order chi connectivity index (χ0) is 54.1. The van der Waals surface area contributed by atoms with E-state index >= 15 is 0 Å². The number of hydrogen-bond donors (Lipinski definition) is 0. The zero-order valence-electron chi connectivity index (χ0n) is 50.7. The van der Waals surface area contributed by atoms with E-state index in [1.54, 1.807) is 131 Å². The second kappa shape index (κ2) is 26.4. The third-order valence-corrected chi connectivity index (χ3v) is 32.6. The van der Waals surface area contributed by atoms with Gasteiger partial charge in [0.15, 0.2) is 0 Å². The topological polar surface area (TPSA) is 0 Å². The first-order valence-corrected chi connectivity index (χ1v) is 42.8. The van der Waals surface area contributed by atoms with Crippen LogP contribution < -0.4 is 41.5 Å². The Morgan fingerprint density at radius 1 is 0.198 bits per heavy atom. The van der Waals surface area contributed by atoms with Crippen LogP contribution in [0.15, 0.2) is 97.1 Å². The van der Waals surface area contributed by atoms with Crippen LogP contribution in [0.2, 0.25) is 26.2 Å². The predicted octanol–water partition coefficient (Wildman–Crippen LogP) is 11.4. The Bertz CT molecular complexity index is 2500. The molecule has 0 spiro atoms. The summed E-state index contributed by atoms with van der Waals surface area (Å²) in [4.78, 5) is 0. The Labute approximate surface area is 516 Å². The molecule has 0 radical (unpaired) electrons. The van der Waals surface area contributed by atoms with E-state index in [4.69, 9.17) is 0 Å². The Kier molecular flexibility index (Phi) is 18.9. The van der Waals surface area contributed by atoms with E-state index in [1.807, 2.05) is 0 Å². The molecule has 0 saturated carbocycles. The molecule has 0 saturated heterocycles. The van der Waals surface area contributed by atoms with Crippen LogP contribution in [-0.4, -0.2) is 35.2 Å². The molecule has 0 amide bonds. The molecule has 0 aromatic heterocycles. The first kappa shape index (κ1) is 57.9. The van der Waals surface area contributed by atoms with Crippen LogP contribution in [0.3, 0.4) is 0 Å². The average molecular weight is 1300 g/mol. The molecule has 424 valence electrons. The molecule has 0 aliphatic heterocycles. The minimum Gasteiger partial charge on any atom is -0.211 e. The van der Waals surface area contributed by atoms with Crippen molar-refractivity contribution in [1.29, 1.82) is 0 Å². The van der Waals surface area contributed by atoms with Crippen LogP contribution in [0, 0.1) is 0 Å². The molecule has 0 fully saturated rings. The molecule has 8 aromatic rings. The van der Waals surface area contributed by atoms with Crippen molar-refractivity contribution in [3.05, 3.63) is 186 Å². The fourth-order valence-electron chi connectivity index (χ4n) is 16.6.